The summed E-state index contributed by atoms with van der Waals surface area (Å²) in [6, 6.07) is 13.1. The second kappa shape index (κ2) is 10.3. The van der Waals surface area contributed by atoms with Crippen molar-refractivity contribution in [2.24, 2.45) is 5.92 Å². The molecular formula is C27H30N6O3. The van der Waals surface area contributed by atoms with Gasteiger partial charge in [0.1, 0.15) is 5.69 Å². The number of amides is 2. The van der Waals surface area contributed by atoms with Gasteiger partial charge in [0, 0.05) is 68.5 Å². The summed E-state index contributed by atoms with van der Waals surface area (Å²) in [6.45, 7) is 5.40. The third-order valence-corrected chi connectivity index (χ3v) is 7.07. The number of piperidine rings is 1. The van der Waals surface area contributed by atoms with Crippen LogP contribution in [-0.2, 0) is 4.79 Å². The summed E-state index contributed by atoms with van der Waals surface area (Å²) in [7, 11) is 0. The Morgan fingerprint density at radius 2 is 1.64 bits per heavy atom. The van der Waals surface area contributed by atoms with Crippen LogP contribution in [-0.4, -0.2) is 81.8 Å². The van der Waals surface area contributed by atoms with Crippen LogP contribution in [0.15, 0.2) is 54.9 Å². The van der Waals surface area contributed by atoms with E-state index in [0.717, 1.165) is 37.2 Å². The molecule has 1 N–H and O–H groups in total. The third kappa shape index (κ3) is 5.00. The van der Waals surface area contributed by atoms with Gasteiger partial charge in [-0.15, -0.1) is 0 Å². The molecule has 3 aromatic rings. The van der Waals surface area contributed by atoms with Crippen molar-refractivity contribution >= 4 is 23.3 Å². The van der Waals surface area contributed by atoms with E-state index in [-0.39, 0.29) is 23.5 Å². The maximum Gasteiger partial charge on any atom is 0.271 e. The number of Topliss-reactive ketones (excluding diaryl/α,β-unsaturated/α-hetero) is 1. The molecule has 2 aromatic heterocycles. The van der Waals surface area contributed by atoms with Crippen molar-refractivity contribution in [3.8, 4) is 11.3 Å². The van der Waals surface area contributed by atoms with Crippen LogP contribution in [0.3, 0.4) is 0 Å². The first-order chi connectivity index (χ1) is 17.5. The Hall–Kier alpha value is -4.01. The highest BCUT2D eigenvalue weighted by Crippen LogP contribution is 2.24. The number of benzene rings is 1. The average molecular weight is 487 g/mol. The van der Waals surface area contributed by atoms with E-state index in [4.69, 9.17) is 0 Å². The average Bonchev–Trinajstić information content (AvgIpc) is 3.43. The molecule has 2 aliphatic rings. The van der Waals surface area contributed by atoms with Crippen molar-refractivity contribution in [1.82, 2.24) is 25.0 Å². The number of hydrogen-bond donors (Lipinski definition) is 1. The number of nitrogens with zero attached hydrogens (tertiary/aromatic N) is 5. The summed E-state index contributed by atoms with van der Waals surface area (Å²) in [5.74, 6) is -0.134. The Labute approximate surface area is 210 Å². The van der Waals surface area contributed by atoms with Crippen molar-refractivity contribution in [1.29, 1.82) is 0 Å². The highest BCUT2D eigenvalue weighted by Gasteiger charge is 2.33. The predicted molar refractivity (Wildman–Crippen MR) is 136 cm³/mol. The molecule has 186 valence electrons. The van der Waals surface area contributed by atoms with Gasteiger partial charge in [-0.1, -0.05) is 0 Å². The number of rotatable bonds is 5. The van der Waals surface area contributed by atoms with Gasteiger partial charge in [-0.2, -0.15) is 5.10 Å². The minimum absolute atomic E-state index is 0.0543. The normalized spacial score (nSPS) is 18.2. The van der Waals surface area contributed by atoms with Gasteiger partial charge < -0.3 is 14.7 Å². The van der Waals surface area contributed by atoms with E-state index >= 15 is 0 Å². The fourth-order valence-electron chi connectivity index (χ4n) is 4.99. The molecule has 2 aliphatic heterocycles. The molecular weight excluding hydrogens is 456 g/mol. The first kappa shape index (κ1) is 23.7. The van der Waals surface area contributed by atoms with E-state index in [9.17, 15) is 14.4 Å². The molecule has 1 atom stereocenters. The highest BCUT2D eigenvalue weighted by molar-refractivity contribution is 5.94. The number of nitrogens with one attached hydrogen (secondary N) is 1. The number of carbonyl (C=O) groups excluding carboxylic acids is 3. The zero-order chi connectivity index (χ0) is 25.1. The lowest BCUT2D eigenvalue weighted by Crippen LogP contribution is -2.53. The molecule has 2 amide bonds. The molecule has 2 fully saturated rings. The van der Waals surface area contributed by atoms with Crippen LogP contribution in [0, 0.1) is 5.92 Å². The molecule has 0 bridgehead atoms. The molecule has 0 aliphatic carbocycles. The topological polar surface area (TPSA) is 102 Å². The highest BCUT2D eigenvalue weighted by atomic mass is 16.2. The molecule has 4 heterocycles. The third-order valence-electron chi connectivity index (χ3n) is 7.07. The first-order valence-corrected chi connectivity index (χ1v) is 12.4. The summed E-state index contributed by atoms with van der Waals surface area (Å²) in [4.78, 5) is 47.9. The fourth-order valence-corrected chi connectivity index (χ4v) is 4.99. The summed E-state index contributed by atoms with van der Waals surface area (Å²) in [5.41, 5.74) is 3.78. The summed E-state index contributed by atoms with van der Waals surface area (Å²) in [5, 5.41) is 7.14. The lowest BCUT2D eigenvalue weighted by Gasteiger charge is -2.39. The summed E-state index contributed by atoms with van der Waals surface area (Å²) >= 11 is 0. The van der Waals surface area contributed by atoms with Crippen LogP contribution >= 0.6 is 0 Å². The van der Waals surface area contributed by atoms with Crippen LogP contribution in [0.2, 0.25) is 0 Å². The van der Waals surface area contributed by atoms with E-state index in [1.807, 2.05) is 41.3 Å². The first-order valence-electron chi connectivity index (χ1n) is 12.4. The smallest absolute Gasteiger partial charge is 0.271 e. The molecule has 9 nitrogen and oxygen atoms in total. The Kier molecular flexibility index (Phi) is 6.79. The number of ketones is 1. The minimum atomic E-state index is -0.188. The number of aromatic amines is 1. The van der Waals surface area contributed by atoms with Crippen molar-refractivity contribution < 1.29 is 14.4 Å². The Morgan fingerprint density at radius 3 is 2.33 bits per heavy atom. The SMILES string of the molecule is CC(=O)c1ccc(N2CCN(C(=O)C3CCCN(C(=O)c4cc(-c5ccncc5)n[nH]4)C3)CC2)cc1. The van der Waals surface area contributed by atoms with Crippen LogP contribution in [0.25, 0.3) is 11.3 Å². The van der Waals surface area contributed by atoms with Gasteiger partial charge in [0.2, 0.25) is 5.91 Å². The van der Waals surface area contributed by atoms with Crippen LogP contribution in [0.4, 0.5) is 5.69 Å². The van der Waals surface area contributed by atoms with Crippen LogP contribution in [0.1, 0.15) is 40.6 Å². The van der Waals surface area contributed by atoms with E-state index in [1.165, 1.54) is 0 Å². The molecule has 1 aromatic carbocycles. The molecule has 0 spiro atoms. The molecule has 9 heteroatoms. The maximum atomic E-state index is 13.3. The van der Waals surface area contributed by atoms with E-state index in [2.05, 4.69) is 20.1 Å². The van der Waals surface area contributed by atoms with Gasteiger partial charge in [0.15, 0.2) is 5.78 Å². The number of anilines is 1. The zero-order valence-corrected chi connectivity index (χ0v) is 20.4. The standard InChI is InChI=1S/C27H30N6O3/c1-19(34)20-4-6-23(7-5-20)31-13-15-32(16-14-31)26(35)22-3-2-12-33(18-22)27(36)25-17-24(29-30-25)21-8-10-28-11-9-21/h4-11,17,22H,2-3,12-16,18H2,1H3,(H,29,30). The molecule has 1 unspecified atom stereocenters. The number of carbonyl (C=O) groups is 3. The van der Waals surface area contributed by atoms with Crippen molar-refractivity contribution in [2.45, 2.75) is 19.8 Å². The van der Waals surface area contributed by atoms with E-state index in [0.29, 0.717) is 43.1 Å². The number of hydrogen-bond acceptors (Lipinski definition) is 6. The molecule has 0 saturated carbocycles. The van der Waals surface area contributed by atoms with Crippen molar-refractivity contribution in [2.75, 3.05) is 44.2 Å². The van der Waals surface area contributed by atoms with Crippen LogP contribution < -0.4 is 4.90 Å². The van der Waals surface area contributed by atoms with Gasteiger partial charge in [-0.3, -0.25) is 24.5 Å². The monoisotopic (exact) mass is 486 g/mol. The van der Waals surface area contributed by atoms with Crippen LogP contribution in [0.5, 0.6) is 0 Å². The number of pyridine rings is 1. The number of aromatic nitrogens is 3. The summed E-state index contributed by atoms with van der Waals surface area (Å²) < 4.78 is 0. The Morgan fingerprint density at radius 1 is 0.917 bits per heavy atom. The van der Waals surface area contributed by atoms with Crippen molar-refractivity contribution in [3.63, 3.8) is 0 Å². The molecule has 36 heavy (non-hydrogen) atoms. The van der Waals surface area contributed by atoms with E-state index in [1.54, 1.807) is 30.3 Å². The zero-order valence-electron chi connectivity index (χ0n) is 20.4. The largest absolute Gasteiger partial charge is 0.368 e. The second-order valence-corrected chi connectivity index (χ2v) is 9.41. The quantitative estimate of drug-likeness (QED) is 0.557. The van der Waals surface area contributed by atoms with Gasteiger partial charge in [0.25, 0.3) is 5.91 Å². The number of H-pyrrole nitrogens is 1. The molecule has 2 saturated heterocycles. The second-order valence-electron chi connectivity index (χ2n) is 9.41. The molecule has 0 radical (unpaired) electrons. The number of piperazine rings is 1. The van der Waals surface area contributed by atoms with Gasteiger partial charge in [-0.05, 0) is 62.2 Å². The number of likely N-dealkylation sites (tertiary alicyclic amines) is 1. The fraction of sp³-hybridized carbons (Fsp3) is 0.370. The van der Waals surface area contributed by atoms with Gasteiger partial charge in [0.05, 0.1) is 11.6 Å². The maximum absolute atomic E-state index is 13.3. The molecule has 5 rings (SSSR count). The Balaban J connectivity index is 1.17. The van der Waals surface area contributed by atoms with Crippen molar-refractivity contribution in [3.05, 3.63) is 66.1 Å². The predicted octanol–water partition coefficient (Wildman–Crippen LogP) is 2.88. The summed E-state index contributed by atoms with van der Waals surface area (Å²) in [6.07, 6.45) is 4.98. The van der Waals surface area contributed by atoms with E-state index < -0.39 is 0 Å². The lowest BCUT2D eigenvalue weighted by molar-refractivity contribution is -0.137. The van der Waals surface area contributed by atoms with Gasteiger partial charge in [-0.25, -0.2) is 0 Å². The van der Waals surface area contributed by atoms with Gasteiger partial charge >= 0.3 is 0 Å². The lowest BCUT2D eigenvalue weighted by atomic mass is 9.95. The Bertz CT molecular complexity index is 1230. The minimum Gasteiger partial charge on any atom is -0.368 e.